The number of hydrogen-bond donors (Lipinski definition) is 1. The molecule has 0 aliphatic rings. The lowest BCUT2D eigenvalue weighted by Gasteiger charge is -1.96. The van der Waals surface area contributed by atoms with Crippen LogP contribution in [0.5, 0.6) is 0 Å². The van der Waals surface area contributed by atoms with E-state index < -0.39 is 11.8 Å². The molecule has 0 atom stereocenters. The van der Waals surface area contributed by atoms with Crippen molar-refractivity contribution in [1.29, 1.82) is 0 Å². The zero-order valence-electron chi connectivity index (χ0n) is 8.51. The molecule has 0 aliphatic heterocycles. The van der Waals surface area contributed by atoms with Crippen LogP contribution in [0.2, 0.25) is 5.02 Å². The maximum Gasteiger partial charge on any atom is 0.380 e. The number of hydrogen-bond acceptors (Lipinski definition) is 3. The van der Waals surface area contributed by atoms with Crippen LogP contribution in [0.25, 0.3) is 11.3 Å². The van der Waals surface area contributed by atoms with Gasteiger partial charge in [-0.05, 0) is 36.4 Å². The largest absolute Gasteiger partial charge is 0.475 e. The molecule has 17 heavy (non-hydrogen) atoms. The van der Waals surface area contributed by atoms with Crippen LogP contribution in [-0.4, -0.2) is 16.9 Å². The van der Waals surface area contributed by atoms with Gasteiger partial charge in [0, 0.05) is 10.6 Å². The van der Waals surface area contributed by atoms with Gasteiger partial charge in [-0.15, -0.1) is 0 Å². The number of carboxylic acids is 1. The van der Waals surface area contributed by atoms with E-state index in [1.165, 1.54) is 6.07 Å². The summed E-state index contributed by atoms with van der Waals surface area (Å²) in [6.45, 7) is 0. The van der Waals surface area contributed by atoms with Crippen LogP contribution in [0.15, 0.2) is 40.8 Å². The van der Waals surface area contributed by atoms with Crippen molar-refractivity contribution < 1.29 is 19.1 Å². The van der Waals surface area contributed by atoms with Crippen LogP contribution in [-0.2, 0) is 4.79 Å². The van der Waals surface area contributed by atoms with Crippen molar-refractivity contribution in [2.75, 3.05) is 0 Å². The van der Waals surface area contributed by atoms with E-state index in [1.807, 2.05) is 0 Å². The third-order valence-corrected chi connectivity index (χ3v) is 2.40. The number of carbonyl (C=O) groups excluding carboxylic acids is 1. The molecule has 2 rings (SSSR count). The van der Waals surface area contributed by atoms with E-state index in [1.54, 1.807) is 30.3 Å². The topological polar surface area (TPSA) is 67.5 Å². The average molecular weight is 251 g/mol. The number of halogens is 1. The van der Waals surface area contributed by atoms with E-state index in [2.05, 4.69) is 0 Å². The van der Waals surface area contributed by atoms with Gasteiger partial charge >= 0.3 is 11.8 Å². The second-order valence-electron chi connectivity index (χ2n) is 3.31. The third-order valence-electron chi connectivity index (χ3n) is 2.15. The molecule has 0 fully saturated rings. The molecule has 1 aromatic heterocycles. The average Bonchev–Trinajstić information content (AvgIpc) is 2.78. The Morgan fingerprint density at radius 1 is 1.06 bits per heavy atom. The molecule has 1 heterocycles. The molecule has 86 valence electrons. The first-order valence-corrected chi connectivity index (χ1v) is 5.09. The third kappa shape index (κ3) is 2.37. The first-order valence-electron chi connectivity index (χ1n) is 4.71. The summed E-state index contributed by atoms with van der Waals surface area (Å²) < 4.78 is 5.16. The molecular weight excluding hydrogens is 244 g/mol. The maximum atomic E-state index is 11.1. The van der Waals surface area contributed by atoms with Crippen molar-refractivity contribution in [3.8, 4) is 11.3 Å². The molecule has 0 aliphatic carbocycles. The summed E-state index contributed by atoms with van der Waals surface area (Å²) in [7, 11) is 0. The standard InChI is InChI=1S/C12H7ClO4/c13-8-3-1-7(2-4-8)9-5-6-10(17-9)11(14)12(15)16/h1-6H,(H,15,16). The highest BCUT2D eigenvalue weighted by molar-refractivity contribution is 6.39. The number of benzene rings is 1. The van der Waals surface area contributed by atoms with E-state index in [-0.39, 0.29) is 5.76 Å². The number of ketones is 1. The summed E-state index contributed by atoms with van der Waals surface area (Å²) in [5.74, 6) is -2.37. The minimum Gasteiger partial charge on any atom is -0.475 e. The van der Waals surface area contributed by atoms with Gasteiger partial charge in [0.05, 0.1) is 0 Å². The number of rotatable bonds is 3. The second-order valence-corrected chi connectivity index (χ2v) is 3.74. The Kier molecular flexibility index (Phi) is 2.97. The van der Waals surface area contributed by atoms with Crippen molar-refractivity contribution in [2.45, 2.75) is 0 Å². The molecule has 5 heteroatoms. The zero-order chi connectivity index (χ0) is 12.4. The molecule has 1 N–H and O–H groups in total. The van der Waals surface area contributed by atoms with E-state index in [0.717, 1.165) is 5.56 Å². The van der Waals surface area contributed by atoms with Gasteiger partial charge in [0.2, 0.25) is 0 Å². The Hall–Kier alpha value is -2.07. The minimum atomic E-state index is -1.54. The summed E-state index contributed by atoms with van der Waals surface area (Å²) in [4.78, 5) is 21.6. The Bertz CT molecular complexity index is 568. The van der Waals surface area contributed by atoms with Gasteiger partial charge in [-0.2, -0.15) is 0 Å². The van der Waals surface area contributed by atoms with E-state index in [9.17, 15) is 9.59 Å². The highest BCUT2D eigenvalue weighted by atomic mass is 35.5. The number of Topliss-reactive ketones (excluding diaryl/α,β-unsaturated/α-hetero) is 1. The molecular formula is C12H7ClO4. The summed E-state index contributed by atoms with van der Waals surface area (Å²) >= 11 is 5.73. The molecule has 0 unspecified atom stereocenters. The van der Waals surface area contributed by atoms with Crippen LogP contribution in [0.1, 0.15) is 10.6 Å². The number of carboxylic acid groups (broad SMARTS) is 1. The molecule has 0 amide bonds. The lowest BCUT2D eigenvalue weighted by molar-refractivity contribution is -0.131. The normalized spacial score (nSPS) is 10.2. The quantitative estimate of drug-likeness (QED) is 0.672. The van der Waals surface area contributed by atoms with Gasteiger partial charge in [-0.1, -0.05) is 11.6 Å². The maximum absolute atomic E-state index is 11.1. The van der Waals surface area contributed by atoms with Crippen molar-refractivity contribution in [2.24, 2.45) is 0 Å². The molecule has 0 radical (unpaired) electrons. The summed E-state index contributed by atoms with van der Waals surface area (Å²) in [5, 5.41) is 9.11. The molecule has 0 saturated carbocycles. The van der Waals surface area contributed by atoms with Crippen molar-refractivity contribution in [3.05, 3.63) is 47.2 Å². The molecule has 0 spiro atoms. The Labute approximate surface area is 101 Å². The first-order chi connectivity index (χ1) is 8.08. The fourth-order valence-corrected chi connectivity index (χ4v) is 1.46. The molecule has 1 aromatic carbocycles. The highest BCUT2D eigenvalue weighted by Crippen LogP contribution is 2.23. The second kappa shape index (κ2) is 4.43. The SMILES string of the molecule is O=C(O)C(=O)c1ccc(-c2ccc(Cl)cc2)o1. The number of aliphatic carboxylic acids is 1. The van der Waals surface area contributed by atoms with Crippen LogP contribution in [0.4, 0.5) is 0 Å². The smallest absolute Gasteiger partial charge is 0.380 e. The van der Waals surface area contributed by atoms with Gasteiger partial charge in [-0.3, -0.25) is 4.79 Å². The monoisotopic (exact) mass is 250 g/mol. The molecule has 0 bridgehead atoms. The minimum absolute atomic E-state index is 0.192. The van der Waals surface area contributed by atoms with Crippen molar-refractivity contribution >= 4 is 23.4 Å². The summed E-state index contributed by atoms with van der Waals surface area (Å²) in [5.41, 5.74) is 0.721. The van der Waals surface area contributed by atoms with Crippen LogP contribution >= 0.6 is 11.6 Å². The van der Waals surface area contributed by atoms with Crippen molar-refractivity contribution in [3.63, 3.8) is 0 Å². The van der Waals surface area contributed by atoms with E-state index in [0.29, 0.717) is 10.8 Å². The van der Waals surface area contributed by atoms with Crippen molar-refractivity contribution in [1.82, 2.24) is 0 Å². The highest BCUT2D eigenvalue weighted by Gasteiger charge is 2.18. The van der Waals surface area contributed by atoms with E-state index >= 15 is 0 Å². The summed E-state index contributed by atoms with van der Waals surface area (Å²) in [6.07, 6.45) is 0. The van der Waals surface area contributed by atoms with Crippen LogP contribution in [0, 0.1) is 0 Å². The lowest BCUT2D eigenvalue weighted by atomic mass is 10.2. The fraction of sp³-hybridized carbons (Fsp3) is 0. The predicted octanol–water partition coefficient (Wildman–Crippen LogP) is 2.87. The first kappa shape index (κ1) is 11.4. The number of furan rings is 1. The van der Waals surface area contributed by atoms with Gasteiger partial charge in [0.15, 0.2) is 5.76 Å². The van der Waals surface area contributed by atoms with Gasteiger partial charge in [0.1, 0.15) is 5.76 Å². The lowest BCUT2D eigenvalue weighted by Crippen LogP contribution is -2.11. The van der Waals surface area contributed by atoms with Gasteiger partial charge in [-0.25, -0.2) is 4.79 Å². The fourth-order valence-electron chi connectivity index (χ4n) is 1.33. The molecule has 4 nitrogen and oxygen atoms in total. The van der Waals surface area contributed by atoms with Gasteiger partial charge < -0.3 is 9.52 Å². The number of carbonyl (C=O) groups is 2. The molecule has 2 aromatic rings. The Balaban J connectivity index is 2.33. The zero-order valence-corrected chi connectivity index (χ0v) is 9.27. The molecule has 0 saturated heterocycles. The summed E-state index contributed by atoms with van der Waals surface area (Å²) in [6, 6.07) is 9.67. The Morgan fingerprint density at radius 3 is 2.29 bits per heavy atom. The predicted molar refractivity (Wildman–Crippen MR) is 61.1 cm³/mol. The van der Waals surface area contributed by atoms with E-state index in [4.69, 9.17) is 21.1 Å². The van der Waals surface area contributed by atoms with Gasteiger partial charge in [0.25, 0.3) is 0 Å². The Morgan fingerprint density at radius 2 is 1.71 bits per heavy atom. The van der Waals surface area contributed by atoms with Crippen LogP contribution < -0.4 is 0 Å². The van der Waals surface area contributed by atoms with Crippen LogP contribution in [0.3, 0.4) is 0 Å².